The van der Waals surface area contributed by atoms with E-state index in [0.717, 1.165) is 5.75 Å². The lowest BCUT2D eigenvalue weighted by Crippen LogP contribution is -2.28. The fourth-order valence-electron chi connectivity index (χ4n) is 2.29. The van der Waals surface area contributed by atoms with E-state index in [4.69, 9.17) is 9.47 Å². The summed E-state index contributed by atoms with van der Waals surface area (Å²) in [7, 11) is 0. The van der Waals surface area contributed by atoms with Gasteiger partial charge >= 0.3 is 0 Å². The third-order valence-corrected chi connectivity index (χ3v) is 3.68. The molecule has 0 bridgehead atoms. The van der Waals surface area contributed by atoms with Crippen molar-refractivity contribution in [3.8, 4) is 5.75 Å². The van der Waals surface area contributed by atoms with Crippen LogP contribution in [0.2, 0.25) is 0 Å². The Hall–Kier alpha value is -1.98. The van der Waals surface area contributed by atoms with Crippen LogP contribution in [0.5, 0.6) is 5.75 Å². The minimum Gasteiger partial charge on any atom is -0.491 e. The smallest absolute Gasteiger partial charge is 0.130 e. The van der Waals surface area contributed by atoms with Gasteiger partial charge in [-0.05, 0) is 30.8 Å². The van der Waals surface area contributed by atoms with Crippen LogP contribution >= 0.6 is 0 Å². The first kappa shape index (κ1) is 18.4. The number of halogens is 2. The summed E-state index contributed by atoms with van der Waals surface area (Å²) in [6.45, 7) is 4.92. The van der Waals surface area contributed by atoms with Crippen molar-refractivity contribution in [1.82, 2.24) is 4.90 Å². The van der Waals surface area contributed by atoms with Crippen molar-refractivity contribution in [3.05, 3.63) is 65.7 Å². The zero-order valence-corrected chi connectivity index (χ0v) is 13.9. The van der Waals surface area contributed by atoms with Gasteiger partial charge in [-0.15, -0.1) is 0 Å². The van der Waals surface area contributed by atoms with Crippen LogP contribution in [-0.2, 0) is 11.3 Å². The Labute approximate surface area is 141 Å². The lowest BCUT2D eigenvalue weighted by Gasteiger charge is -2.21. The van der Waals surface area contributed by atoms with Gasteiger partial charge in [0.15, 0.2) is 0 Å². The summed E-state index contributed by atoms with van der Waals surface area (Å²) in [4.78, 5) is 1.94. The predicted molar refractivity (Wildman–Crippen MR) is 90.1 cm³/mol. The molecular weight excluding hydrogens is 312 g/mol. The summed E-state index contributed by atoms with van der Waals surface area (Å²) < 4.78 is 38.4. The second-order valence-corrected chi connectivity index (χ2v) is 5.34. The third-order valence-electron chi connectivity index (χ3n) is 3.68. The zero-order chi connectivity index (χ0) is 17.2. The third kappa shape index (κ3) is 5.91. The standard InChI is InChI=1S/C19H23F2NO2/c1-2-22(15-17-18(20)9-6-10-19(17)21)11-12-23-13-14-24-16-7-4-3-5-8-16/h3-10H,2,11-15H2,1H3. The number of nitrogens with zero attached hydrogens (tertiary/aromatic N) is 1. The predicted octanol–water partition coefficient (Wildman–Crippen LogP) is 3.88. The highest BCUT2D eigenvalue weighted by atomic mass is 19.1. The van der Waals surface area contributed by atoms with Gasteiger partial charge in [0, 0.05) is 18.7 Å². The van der Waals surface area contributed by atoms with Crippen LogP contribution in [0, 0.1) is 11.6 Å². The van der Waals surface area contributed by atoms with Gasteiger partial charge in [-0.2, -0.15) is 0 Å². The molecule has 0 atom stereocenters. The van der Waals surface area contributed by atoms with Crippen LogP contribution < -0.4 is 4.74 Å². The molecule has 0 saturated heterocycles. The van der Waals surface area contributed by atoms with Crippen molar-refractivity contribution in [2.24, 2.45) is 0 Å². The summed E-state index contributed by atoms with van der Waals surface area (Å²) in [5, 5.41) is 0. The molecule has 0 fully saturated rings. The topological polar surface area (TPSA) is 21.7 Å². The van der Waals surface area contributed by atoms with Gasteiger partial charge in [0.25, 0.3) is 0 Å². The van der Waals surface area contributed by atoms with Gasteiger partial charge in [0.2, 0.25) is 0 Å². The largest absolute Gasteiger partial charge is 0.491 e. The minimum absolute atomic E-state index is 0.103. The van der Waals surface area contributed by atoms with E-state index in [1.54, 1.807) is 0 Å². The normalized spacial score (nSPS) is 11.0. The van der Waals surface area contributed by atoms with Crippen molar-refractivity contribution >= 4 is 0 Å². The highest BCUT2D eigenvalue weighted by Gasteiger charge is 2.12. The molecule has 2 aromatic rings. The number of benzene rings is 2. The molecule has 2 aromatic carbocycles. The molecule has 0 heterocycles. The van der Waals surface area contributed by atoms with Crippen LogP contribution in [0.25, 0.3) is 0 Å². The average molecular weight is 335 g/mol. The number of hydrogen-bond donors (Lipinski definition) is 0. The summed E-state index contributed by atoms with van der Waals surface area (Å²) in [6, 6.07) is 13.5. The molecule has 130 valence electrons. The van der Waals surface area contributed by atoms with Crippen LogP contribution in [0.15, 0.2) is 48.5 Å². The molecule has 2 rings (SSSR count). The van der Waals surface area contributed by atoms with Gasteiger partial charge in [0.1, 0.15) is 24.0 Å². The molecule has 0 aliphatic heterocycles. The van der Waals surface area contributed by atoms with E-state index >= 15 is 0 Å². The summed E-state index contributed by atoms with van der Waals surface area (Å²) in [6.07, 6.45) is 0. The quantitative estimate of drug-likeness (QED) is 0.615. The molecule has 0 radical (unpaired) electrons. The maximum absolute atomic E-state index is 13.7. The molecule has 0 amide bonds. The van der Waals surface area contributed by atoms with Crippen LogP contribution in [-0.4, -0.2) is 37.8 Å². The van der Waals surface area contributed by atoms with E-state index in [0.29, 0.717) is 32.9 Å². The Kier molecular flexibility index (Phi) is 7.65. The summed E-state index contributed by atoms with van der Waals surface area (Å²) in [5.41, 5.74) is 0.103. The van der Waals surface area contributed by atoms with E-state index in [-0.39, 0.29) is 12.1 Å². The molecule has 0 spiro atoms. The molecule has 24 heavy (non-hydrogen) atoms. The van der Waals surface area contributed by atoms with Crippen molar-refractivity contribution in [2.45, 2.75) is 13.5 Å². The fraction of sp³-hybridized carbons (Fsp3) is 0.368. The SMILES string of the molecule is CCN(CCOCCOc1ccccc1)Cc1c(F)cccc1F. The lowest BCUT2D eigenvalue weighted by molar-refractivity contribution is 0.0787. The molecule has 3 nitrogen and oxygen atoms in total. The van der Waals surface area contributed by atoms with Crippen LogP contribution in [0.3, 0.4) is 0 Å². The van der Waals surface area contributed by atoms with Crippen molar-refractivity contribution in [2.75, 3.05) is 32.9 Å². The summed E-state index contributed by atoms with van der Waals surface area (Å²) >= 11 is 0. The first-order valence-corrected chi connectivity index (χ1v) is 8.11. The summed E-state index contributed by atoms with van der Waals surface area (Å²) in [5.74, 6) is -0.206. The molecule has 0 aliphatic carbocycles. The highest BCUT2D eigenvalue weighted by molar-refractivity contribution is 5.21. The molecule has 0 aromatic heterocycles. The average Bonchev–Trinajstić information content (AvgIpc) is 2.60. The Bertz CT molecular complexity index is 587. The highest BCUT2D eigenvalue weighted by Crippen LogP contribution is 2.14. The van der Waals surface area contributed by atoms with E-state index < -0.39 is 11.6 Å². The van der Waals surface area contributed by atoms with Crippen LogP contribution in [0.1, 0.15) is 12.5 Å². The number of likely N-dealkylation sites (N-methyl/N-ethyl adjacent to an activating group) is 1. The Morgan fingerprint density at radius 3 is 2.25 bits per heavy atom. The molecule has 0 N–H and O–H groups in total. The molecule has 0 unspecified atom stereocenters. The number of para-hydroxylation sites is 1. The molecule has 0 saturated carbocycles. The van der Waals surface area contributed by atoms with E-state index in [2.05, 4.69) is 0 Å². The zero-order valence-electron chi connectivity index (χ0n) is 13.9. The van der Waals surface area contributed by atoms with Gasteiger partial charge in [0.05, 0.1) is 13.2 Å². The Morgan fingerprint density at radius 2 is 1.58 bits per heavy atom. The fourth-order valence-corrected chi connectivity index (χ4v) is 2.29. The van der Waals surface area contributed by atoms with Gasteiger partial charge < -0.3 is 9.47 Å². The van der Waals surface area contributed by atoms with Crippen molar-refractivity contribution in [1.29, 1.82) is 0 Å². The lowest BCUT2D eigenvalue weighted by atomic mass is 10.2. The van der Waals surface area contributed by atoms with E-state index in [9.17, 15) is 8.78 Å². The van der Waals surface area contributed by atoms with Crippen LogP contribution in [0.4, 0.5) is 8.78 Å². The van der Waals surface area contributed by atoms with Crippen molar-refractivity contribution < 1.29 is 18.3 Å². The van der Waals surface area contributed by atoms with Gasteiger partial charge in [-0.25, -0.2) is 8.78 Å². The van der Waals surface area contributed by atoms with Gasteiger partial charge in [-0.1, -0.05) is 31.2 Å². The second kappa shape index (κ2) is 10.0. The maximum Gasteiger partial charge on any atom is 0.130 e. The number of hydrogen-bond acceptors (Lipinski definition) is 3. The molecular formula is C19H23F2NO2. The monoisotopic (exact) mass is 335 g/mol. The second-order valence-electron chi connectivity index (χ2n) is 5.34. The Balaban J connectivity index is 1.66. The van der Waals surface area contributed by atoms with Crippen molar-refractivity contribution in [3.63, 3.8) is 0 Å². The first-order chi connectivity index (χ1) is 11.7. The van der Waals surface area contributed by atoms with E-state index in [1.165, 1.54) is 18.2 Å². The van der Waals surface area contributed by atoms with Gasteiger partial charge in [-0.3, -0.25) is 4.90 Å². The molecule has 5 heteroatoms. The first-order valence-electron chi connectivity index (χ1n) is 8.11. The molecule has 0 aliphatic rings. The number of ether oxygens (including phenoxy) is 2. The van der Waals surface area contributed by atoms with E-state index in [1.807, 2.05) is 42.2 Å². The maximum atomic E-state index is 13.7. The minimum atomic E-state index is -0.509. The Morgan fingerprint density at radius 1 is 0.875 bits per heavy atom. The number of rotatable bonds is 10.